The Morgan fingerprint density at radius 3 is 2.58 bits per heavy atom. The Labute approximate surface area is 198 Å². The number of rotatable bonds is 6. The predicted octanol–water partition coefficient (Wildman–Crippen LogP) is 6.00. The molecule has 6 nitrogen and oxygen atoms in total. The molecule has 0 N–H and O–H groups in total. The van der Waals surface area contributed by atoms with E-state index in [1.807, 2.05) is 66.5 Å². The molecule has 170 valence electrons. The summed E-state index contributed by atoms with van der Waals surface area (Å²) in [6.45, 7) is 2.50. The maximum absolute atomic E-state index is 6.47. The van der Waals surface area contributed by atoms with Crippen molar-refractivity contribution in [3.8, 4) is 23.0 Å². The van der Waals surface area contributed by atoms with Gasteiger partial charge in [0, 0.05) is 12.0 Å². The first-order valence-corrected chi connectivity index (χ1v) is 11.3. The number of hydrogen-bond acceptors (Lipinski definition) is 6. The zero-order valence-electron chi connectivity index (χ0n) is 18.7. The molecule has 3 aromatic rings. The van der Waals surface area contributed by atoms with Crippen LogP contribution < -0.4 is 18.9 Å². The van der Waals surface area contributed by atoms with Gasteiger partial charge in [-0.15, -0.1) is 0 Å². The van der Waals surface area contributed by atoms with E-state index in [0.717, 1.165) is 34.6 Å². The van der Waals surface area contributed by atoms with E-state index >= 15 is 0 Å². The molecular weight excluding hydrogens is 440 g/mol. The quantitative estimate of drug-likeness (QED) is 0.448. The van der Waals surface area contributed by atoms with Crippen molar-refractivity contribution in [3.05, 3.63) is 82.4 Å². The van der Waals surface area contributed by atoms with Crippen LogP contribution >= 0.6 is 11.6 Å². The third-order valence-electron chi connectivity index (χ3n) is 5.96. The molecule has 3 aromatic carbocycles. The molecular formula is C26H25ClN2O4. The number of methoxy groups -OCH3 is 2. The summed E-state index contributed by atoms with van der Waals surface area (Å²) in [5.41, 5.74) is 3.86. The number of ether oxygens (including phenoxy) is 4. The van der Waals surface area contributed by atoms with E-state index in [-0.39, 0.29) is 6.04 Å². The predicted molar refractivity (Wildman–Crippen MR) is 128 cm³/mol. The molecule has 0 bridgehead atoms. The maximum Gasteiger partial charge on any atom is 0.217 e. The lowest BCUT2D eigenvalue weighted by molar-refractivity contribution is -0.0205. The Morgan fingerprint density at radius 1 is 1.00 bits per heavy atom. The van der Waals surface area contributed by atoms with Crippen LogP contribution in [-0.2, 0) is 0 Å². The molecule has 0 spiro atoms. The summed E-state index contributed by atoms with van der Waals surface area (Å²) < 4.78 is 23.3. The SMILES string of the molecule is CCOc1ccc(C2=NN3[C@@H](c4cccc(OC)c4OC)Oc4ccccc4[C@@H]3C2)cc1Cl. The molecule has 0 aliphatic carbocycles. The number of fused-ring (bicyclic) bond motifs is 3. The fraction of sp³-hybridized carbons (Fsp3) is 0.269. The fourth-order valence-corrected chi connectivity index (χ4v) is 4.71. The first-order chi connectivity index (χ1) is 16.1. The molecule has 0 saturated carbocycles. The van der Waals surface area contributed by atoms with Gasteiger partial charge in [-0.2, -0.15) is 5.10 Å². The van der Waals surface area contributed by atoms with Crippen molar-refractivity contribution in [1.29, 1.82) is 0 Å². The Kier molecular flexibility index (Phi) is 5.77. The molecule has 2 aliphatic rings. The van der Waals surface area contributed by atoms with Gasteiger partial charge in [-0.25, -0.2) is 5.01 Å². The highest BCUT2D eigenvalue weighted by Gasteiger charge is 2.42. The largest absolute Gasteiger partial charge is 0.493 e. The zero-order valence-corrected chi connectivity index (χ0v) is 19.5. The number of nitrogens with zero attached hydrogens (tertiary/aromatic N) is 2. The Morgan fingerprint density at radius 2 is 1.82 bits per heavy atom. The molecule has 2 atom stereocenters. The second-order valence-electron chi connectivity index (χ2n) is 7.82. The van der Waals surface area contributed by atoms with Gasteiger partial charge in [0.15, 0.2) is 11.5 Å². The van der Waals surface area contributed by atoms with E-state index in [2.05, 4.69) is 6.07 Å². The van der Waals surface area contributed by atoms with Crippen LogP contribution in [0.3, 0.4) is 0 Å². The summed E-state index contributed by atoms with van der Waals surface area (Å²) in [6, 6.07) is 19.7. The van der Waals surface area contributed by atoms with Crippen molar-refractivity contribution in [2.45, 2.75) is 25.6 Å². The number of halogens is 1. The molecule has 2 heterocycles. The van der Waals surface area contributed by atoms with E-state index in [1.54, 1.807) is 14.2 Å². The smallest absolute Gasteiger partial charge is 0.217 e. The van der Waals surface area contributed by atoms with Gasteiger partial charge in [0.05, 0.1) is 43.2 Å². The van der Waals surface area contributed by atoms with Crippen LogP contribution in [0.2, 0.25) is 5.02 Å². The fourth-order valence-electron chi connectivity index (χ4n) is 4.47. The summed E-state index contributed by atoms with van der Waals surface area (Å²) in [5.74, 6) is 2.80. The van der Waals surface area contributed by atoms with Crippen LogP contribution in [-0.4, -0.2) is 31.5 Å². The van der Waals surface area contributed by atoms with Gasteiger partial charge in [0.1, 0.15) is 11.5 Å². The third kappa shape index (κ3) is 3.74. The summed E-state index contributed by atoms with van der Waals surface area (Å²) in [6.07, 6.45) is 0.263. The van der Waals surface area contributed by atoms with E-state index in [4.69, 9.17) is 35.6 Å². The van der Waals surface area contributed by atoms with Crippen LogP contribution in [0.25, 0.3) is 0 Å². The summed E-state index contributed by atoms with van der Waals surface area (Å²) in [5, 5.41) is 7.60. The first kappa shape index (κ1) is 21.5. The van der Waals surface area contributed by atoms with Gasteiger partial charge in [-0.3, -0.25) is 0 Å². The lowest BCUT2D eigenvalue weighted by atomic mass is 9.95. The molecule has 7 heteroatoms. The highest BCUT2D eigenvalue weighted by molar-refractivity contribution is 6.32. The van der Waals surface area contributed by atoms with Crippen molar-refractivity contribution < 1.29 is 18.9 Å². The van der Waals surface area contributed by atoms with Gasteiger partial charge < -0.3 is 18.9 Å². The normalized spacial score (nSPS) is 18.7. The van der Waals surface area contributed by atoms with E-state index < -0.39 is 6.23 Å². The van der Waals surface area contributed by atoms with Crippen molar-refractivity contribution in [2.75, 3.05) is 20.8 Å². The molecule has 0 unspecified atom stereocenters. The van der Waals surface area contributed by atoms with Gasteiger partial charge >= 0.3 is 0 Å². The van der Waals surface area contributed by atoms with E-state index in [9.17, 15) is 0 Å². The van der Waals surface area contributed by atoms with Crippen LogP contribution in [0.15, 0.2) is 65.8 Å². The topological polar surface area (TPSA) is 52.5 Å². The average Bonchev–Trinajstić information content (AvgIpc) is 3.30. The van der Waals surface area contributed by atoms with Gasteiger partial charge in [0.2, 0.25) is 6.23 Å². The lowest BCUT2D eigenvalue weighted by Crippen LogP contribution is -2.34. The summed E-state index contributed by atoms with van der Waals surface area (Å²) in [4.78, 5) is 0. The van der Waals surface area contributed by atoms with Crippen molar-refractivity contribution >= 4 is 17.3 Å². The minimum Gasteiger partial charge on any atom is -0.493 e. The van der Waals surface area contributed by atoms with Crippen LogP contribution in [0.1, 0.15) is 42.3 Å². The second kappa shape index (κ2) is 8.87. The molecule has 0 amide bonds. The number of benzene rings is 3. The van der Waals surface area contributed by atoms with Crippen molar-refractivity contribution in [1.82, 2.24) is 5.01 Å². The number of hydrogen-bond donors (Lipinski definition) is 0. The van der Waals surface area contributed by atoms with Crippen molar-refractivity contribution in [2.24, 2.45) is 5.10 Å². The highest BCUT2D eigenvalue weighted by Crippen LogP contribution is 2.50. The monoisotopic (exact) mass is 464 g/mol. The standard InChI is InChI=1S/C26H25ClN2O4/c1-4-32-23-13-12-16(14-19(23)27)20-15-21-17-8-5-6-10-22(17)33-26(29(21)28-20)18-9-7-11-24(30-2)25(18)31-3/h5-14,21,26H,4,15H2,1-3H3/t21-,26+/m0/s1. The molecule has 0 radical (unpaired) electrons. The summed E-state index contributed by atoms with van der Waals surface area (Å²) in [7, 11) is 3.26. The molecule has 5 rings (SSSR count). The molecule has 0 fully saturated rings. The molecule has 0 aromatic heterocycles. The van der Waals surface area contributed by atoms with Crippen LogP contribution in [0.5, 0.6) is 23.0 Å². The molecule has 0 saturated heterocycles. The first-order valence-electron chi connectivity index (χ1n) is 10.9. The third-order valence-corrected chi connectivity index (χ3v) is 6.26. The van der Waals surface area contributed by atoms with E-state index in [0.29, 0.717) is 28.9 Å². The minimum atomic E-state index is -0.467. The number of hydrazone groups is 1. The Bertz CT molecular complexity index is 1210. The zero-order chi connectivity index (χ0) is 22.9. The summed E-state index contributed by atoms with van der Waals surface area (Å²) >= 11 is 6.47. The van der Waals surface area contributed by atoms with Gasteiger partial charge in [-0.1, -0.05) is 35.9 Å². The van der Waals surface area contributed by atoms with Crippen LogP contribution in [0, 0.1) is 0 Å². The van der Waals surface area contributed by atoms with Crippen LogP contribution in [0.4, 0.5) is 0 Å². The van der Waals surface area contributed by atoms with E-state index in [1.165, 1.54) is 0 Å². The lowest BCUT2D eigenvalue weighted by Gasteiger charge is -2.38. The maximum atomic E-state index is 6.47. The Hall–Kier alpha value is -3.38. The molecule has 33 heavy (non-hydrogen) atoms. The highest BCUT2D eigenvalue weighted by atomic mass is 35.5. The average molecular weight is 465 g/mol. The van der Waals surface area contributed by atoms with Crippen molar-refractivity contribution in [3.63, 3.8) is 0 Å². The minimum absolute atomic E-state index is 0.0243. The molecule has 2 aliphatic heterocycles. The Balaban J connectivity index is 1.59. The number of para-hydroxylation sites is 2. The second-order valence-corrected chi connectivity index (χ2v) is 8.22. The van der Waals surface area contributed by atoms with Gasteiger partial charge in [-0.05, 0) is 48.9 Å². The van der Waals surface area contributed by atoms with Gasteiger partial charge in [0.25, 0.3) is 0 Å².